The molecule has 0 rings (SSSR count). The third-order valence-electron chi connectivity index (χ3n) is 2.90. The number of unbranched alkanes of at least 4 members (excludes halogenated alkanes) is 7. The first-order chi connectivity index (χ1) is 10.4. The number of aliphatic hydroxyl groups is 2. The van der Waals surface area contributed by atoms with Gasteiger partial charge in [-0.25, -0.2) is 0 Å². The van der Waals surface area contributed by atoms with Gasteiger partial charge in [0.2, 0.25) is 0 Å². The molecule has 0 bridgehead atoms. The lowest BCUT2D eigenvalue weighted by molar-refractivity contribution is 0.282. The fourth-order valence-electron chi connectivity index (χ4n) is 1.70. The number of hydrogen-bond donors (Lipinski definition) is 2. The highest BCUT2D eigenvalue weighted by Gasteiger charge is 1.86. The Hall–Kier alpha value is -1.40. The van der Waals surface area contributed by atoms with Gasteiger partial charge in [0, 0.05) is 26.1 Å². The van der Waals surface area contributed by atoms with E-state index in [1.165, 1.54) is 0 Å². The van der Waals surface area contributed by atoms with Crippen LogP contribution in [0, 0.1) is 35.5 Å². The minimum absolute atomic E-state index is 0.280. The number of aliphatic hydroxyl groups excluding tert-OH is 2. The number of hydrogen-bond acceptors (Lipinski definition) is 2. The van der Waals surface area contributed by atoms with Crippen molar-refractivity contribution >= 4 is 0 Å². The zero-order valence-electron chi connectivity index (χ0n) is 13.1. The Balaban J connectivity index is 3.39. The van der Waals surface area contributed by atoms with Gasteiger partial charge < -0.3 is 10.2 Å². The lowest BCUT2D eigenvalue weighted by Gasteiger charge is -1.93. The molecule has 0 saturated heterocycles. The van der Waals surface area contributed by atoms with Crippen molar-refractivity contribution in [2.24, 2.45) is 0 Å². The molecule has 0 aliphatic carbocycles. The van der Waals surface area contributed by atoms with Gasteiger partial charge in [-0.1, -0.05) is 42.9 Å². The fourth-order valence-corrected chi connectivity index (χ4v) is 1.70. The highest BCUT2D eigenvalue weighted by molar-refractivity contribution is 5.16. The molecule has 0 aliphatic rings. The van der Waals surface area contributed by atoms with Gasteiger partial charge in [-0.3, -0.25) is 0 Å². The molecule has 0 aromatic rings. The van der Waals surface area contributed by atoms with Crippen LogP contribution in [-0.4, -0.2) is 23.4 Å². The van der Waals surface area contributed by atoms with Gasteiger partial charge in [-0.05, 0) is 25.7 Å². The molecule has 2 N–H and O–H groups in total. The van der Waals surface area contributed by atoms with E-state index < -0.39 is 0 Å². The quantitative estimate of drug-likeness (QED) is 0.505. The minimum Gasteiger partial charge on any atom is -0.396 e. The number of rotatable bonds is 9. The van der Waals surface area contributed by atoms with Gasteiger partial charge in [-0.15, -0.1) is 11.8 Å². The predicted molar refractivity (Wildman–Crippen MR) is 88.3 cm³/mol. The zero-order chi connectivity index (χ0) is 15.4. The molecule has 0 spiro atoms. The minimum atomic E-state index is 0.280. The summed E-state index contributed by atoms with van der Waals surface area (Å²) in [6.45, 7) is 0.579. The van der Waals surface area contributed by atoms with Crippen molar-refractivity contribution in [2.75, 3.05) is 13.2 Å². The molecule has 0 aromatic heterocycles. The topological polar surface area (TPSA) is 40.5 Å². The fraction of sp³-hybridized carbons (Fsp3) is 0.684. The molecule has 0 fully saturated rings. The standard InChI is InChI=1S/C19H28O2/c20-18-16-14-12-10-8-6-4-2-1-3-5-7-9-11-13-15-17-19-21/h20-21H,2,5,8,10-19H2. The van der Waals surface area contributed by atoms with Gasteiger partial charge in [0.25, 0.3) is 0 Å². The normalized spacial score (nSPS) is 8.86. The second-order valence-electron chi connectivity index (χ2n) is 4.84. The van der Waals surface area contributed by atoms with Crippen molar-refractivity contribution in [3.05, 3.63) is 0 Å². The molecule has 0 saturated carbocycles. The van der Waals surface area contributed by atoms with Crippen LogP contribution in [0.25, 0.3) is 0 Å². The van der Waals surface area contributed by atoms with Crippen molar-refractivity contribution in [2.45, 2.75) is 70.6 Å². The summed E-state index contributed by atoms with van der Waals surface area (Å²) in [5, 5.41) is 17.2. The van der Waals surface area contributed by atoms with Crippen molar-refractivity contribution in [1.82, 2.24) is 0 Å². The molecule has 2 nitrogen and oxygen atoms in total. The van der Waals surface area contributed by atoms with Crippen LogP contribution in [0.3, 0.4) is 0 Å². The molecule has 0 unspecified atom stereocenters. The zero-order valence-corrected chi connectivity index (χ0v) is 13.1. The van der Waals surface area contributed by atoms with Crippen LogP contribution in [0.1, 0.15) is 70.6 Å². The summed E-state index contributed by atoms with van der Waals surface area (Å²) in [6.07, 6.45) is 10.3. The van der Waals surface area contributed by atoms with E-state index in [0.717, 1.165) is 57.8 Å². The SMILES string of the molecule is OCCCCCC#CCC#CCC#CCCCCCCO. The lowest BCUT2D eigenvalue weighted by Crippen LogP contribution is -1.82. The summed E-state index contributed by atoms with van der Waals surface area (Å²) >= 11 is 0. The van der Waals surface area contributed by atoms with E-state index in [1.54, 1.807) is 0 Å². The summed E-state index contributed by atoms with van der Waals surface area (Å²) in [7, 11) is 0. The van der Waals surface area contributed by atoms with E-state index in [0.29, 0.717) is 19.4 Å². The van der Waals surface area contributed by atoms with Crippen LogP contribution >= 0.6 is 0 Å². The first-order valence-electron chi connectivity index (χ1n) is 8.00. The summed E-state index contributed by atoms with van der Waals surface area (Å²) in [5.41, 5.74) is 0. The molecule has 0 amide bonds. The summed E-state index contributed by atoms with van der Waals surface area (Å²) in [4.78, 5) is 0. The van der Waals surface area contributed by atoms with E-state index in [9.17, 15) is 0 Å². The van der Waals surface area contributed by atoms with Gasteiger partial charge in [-0.2, -0.15) is 0 Å². The average molecular weight is 288 g/mol. The van der Waals surface area contributed by atoms with E-state index >= 15 is 0 Å². The van der Waals surface area contributed by atoms with Crippen LogP contribution in [0.4, 0.5) is 0 Å². The maximum atomic E-state index is 8.63. The Morgan fingerprint density at radius 2 is 0.810 bits per heavy atom. The largest absolute Gasteiger partial charge is 0.396 e. The Kier molecular flexibility index (Phi) is 17.4. The molecule has 0 aromatic carbocycles. The van der Waals surface area contributed by atoms with Crippen molar-refractivity contribution < 1.29 is 10.2 Å². The lowest BCUT2D eigenvalue weighted by atomic mass is 10.1. The second-order valence-corrected chi connectivity index (χ2v) is 4.84. The molecular formula is C19H28O2. The van der Waals surface area contributed by atoms with Crippen LogP contribution in [0.5, 0.6) is 0 Å². The van der Waals surface area contributed by atoms with E-state index in [4.69, 9.17) is 10.2 Å². The van der Waals surface area contributed by atoms with Crippen LogP contribution in [0.15, 0.2) is 0 Å². The van der Waals surface area contributed by atoms with E-state index in [2.05, 4.69) is 35.5 Å². The smallest absolute Gasteiger partial charge is 0.0702 e. The molecule has 2 heteroatoms. The van der Waals surface area contributed by atoms with Gasteiger partial charge in [0.15, 0.2) is 0 Å². The third kappa shape index (κ3) is 18.6. The molecule has 0 atom stereocenters. The summed E-state index contributed by atoms with van der Waals surface area (Å²) in [6, 6.07) is 0. The first-order valence-corrected chi connectivity index (χ1v) is 8.00. The molecule has 0 aliphatic heterocycles. The highest BCUT2D eigenvalue weighted by atomic mass is 16.3. The van der Waals surface area contributed by atoms with Gasteiger partial charge in [0.1, 0.15) is 0 Å². The Morgan fingerprint density at radius 3 is 1.29 bits per heavy atom. The Morgan fingerprint density at radius 1 is 0.429 bits per heavy atom. The van der Waals surface area contributed by atoms with Crippen LogP contribution in [0.2, 0.25) is 0 Å². The van der Waals surface area contributed by atoms with Gasteiger partial charge in [0.05, 0.1) is 12.8 Å². The molecule has 0 heterocycles. The average Bonchev–Trinajstić information content (AvgIpc) is 2.50. The van der Waals surface area contributed by atoms with Crippen LogP contribution < -0.4 is 0 Å². The second kappa shape index (κ2) is 18.6. The van der Waals surface area contributed by atoms with Crippen molar-refractivity contribution in [3.8, 4) is 35.5 Å². The summed E-state index contributed by atoms with van der Waals surface area (Å²) in [5.74, 6) is 18.3. The summed E-state index contributed by atoms with van der Waals surface area (Å²) < 4.78 is 0. The predicted octanol–water partition coefficient (Wildman–Crippen LogP) is 3.27. The monoisotopic (exact) mass is 288 g/mol. The Bertz CT molecular complexity index is 392. The first kappa shape index (κ1) is 19.6. The molecule has 21 heavy (non-hydrogen) atoms. The van der Waals surface area contributed by atoms with Gasteiger partial charge >= 0.3 is 0 Å². The molecule has 0 radical (unpaired) electrons. The third-order valence-corrected chi connectivity index (χ3v) is 2.90. The Labute approximate surface area is 130 Å². The molecule has 116 valence electrons. The van der Waals surface area contributed by atoms with E-state index in [1.807, 2.05) is 0 Å². The molecular weight excluding hydrogens is 260 g/mol. The highest BCUT2D eigenvalue weighted by Crippen LogP contribution is 2.01. The van der Waals surface area contributed by atoms with Crippen LogP contribution in [-0.2, 0) is 0 Å². The van der Waals surface area contributed by atoms with Crippen molar-refractivity contribution in [1.29, 1.82) is 0 Å². The van der Waals surface area contributed by atoms with E-state index in [-0.39, 0.29) is 6.61 Å². The maximum Gasteiger partial charge on any atom is 0.0702 e. The van der Waals surface area contributed by atoms with Crippen molar-refractivity contribution in [3.63, 3.8) is 0 Å². The maximum absolute atomic E-state index is 8.63.